The van der Waals surface area contributed by atoms with E-state index in [1.165, 1.54) is 18.2 Å². The molecule has 0 saturated carbocycles. The molecule has 206 valence electrons. The van der Waals surface area contributed by atoms with E-state index in [0.717, 1.165) is 6.08 Å². The molecule has 9 nitrogen and oxygen atoms in total. The second kappa shape index (κ2) is 12.4. The first-order chi connectivity index (χ1) is 17.6. The summed E-state index contributed by atoms with van der Waals surface area (Å²) in [6, 6.07) is 9.37. The minimum absolute atomic E-state index is 0.0970. The highest BCUT2D eigenvalue weighted by Crippen LogP contribution is 2.38. The molecule has 13 heteroatoms. The number of anilines is 1. The van der Waals surface area contributed by atoms with Crippen LogP contribution < -0.4 is 16.2 Å². The van der Waals surface area contributed by atoms with E-state index in [0.29, 0.717) is 11.1 Å². The van der Waals surface area contributed by atoms with E-state index < -0.39 is 54.0 Å². The van der Waals surface area contributed by atoms with Crippen LogP contribution in [0.2, 0.25) is 0 Å². The van der Waals surface area contributed by atoms with Crippen LogP contribution in [-0.4, -0.2) is 40.3 Å². The van der Waals surface area contributed by atoms with Crippen molar-refractivity contribution in [3.63, 3.8) is 0 Å². The largest absolute Gasteiger partial charge is 0.444 e. The van der Waals surface area contributed by atoms with E-state index in [2.05, 4.69) is 32.8 Å². The van der Waals surface area contributed by atoms with Crippen molar-refractivity contribution in [2.24, 2.45) is 0 Å². The average Bonchev–Trinajstić information content (AvgIpc) is 2.80. The summed E-state index contributed by atoms with van der Waals surface area (Å²) < 4.78 is 53.1. The van der Waals surface area contributed by atoms with Gasteiger partial charge in [-0.25, -0.2) is 9.78 Å². The van der Waals surface area contributed by atoms with Gasteiger partial charge >= 0.3 is 12.3 Å². The number of nitrogens with one attached hydrogen (secondary N) is 3. The summed E-state index contributed by atoms with van der Waals surface area (Å²) in [5, 5.41) is 2.38. The van der Waals surface area contributed by atoms with Gasteiger partial charge in [-0.15, -0.1) is 6.58 Å². The lowest BCUT2D eigenvalue weighted by atomic mass is 9.97. The number of nitrogens with zero attached hydrogens (tertiary/aromatic N) is 1. The lowest BCUT2D eigenvalue weighted by molar-refractivity contribution is -0.270. The highest BCUT2D eigenvalue weighted by Gasteiger charge is 2.61. The molecule has 2 aromatic rings. The minimum Gasteiger partial charge on any atom is -0.444 e. The maximum atomic E-state index is 14.2. The molecule has 38 heavy (non-hydrogen) atoms. The third kappa shape index (κ3) is 8.02. The second-order valence-electron chi connectivity index (χ2n) is 9.12. The van der Waals surface area contributed by atoms with E-state index in [4.69, 9.17) is 9.47 Å². The Morgan fingerprint density at radius 1 is 1.11 bits per heavy atom. The number of pyridine rings is 1. The quantitative estimate of drug-likeness (QED) is 0.213. The molecule has 0 radical (unpaired) electrons. The van der Waals surface area contributed by atoms with E-state index in [-0.39, 0.29) is 10.3 Å². The number of amides is 3. The number of rotatable bonds is 8. The SMILES string of the molecule is C=CC[C@](OCc1ccccc1)(C(=O)NNC(=O)c1nc(Br)c(C)cc1NC(=O)OC(C)(C)C)C(F)(F)F. The fourth-order valence-electron chi connectivity index (χ4n) is 3.07. The van der Waals surface area contributed by atoms with Gasteiger partial charge in [-0.3, -0.25) is 25.8 Å². The first-order valence-electron chi connectivity index (χ1n) is 11.2. The average molecular weight is 601 g/mol. The van der Waals surface area contributed by atoms with E-state index >= 15 is 0 Å². The smallest absolute Gasteiger partial charge is 0.427 e. The molecule has 1 atom stereocenters. The summed E-state index contributed by atoms with van der Waals surface area (Å²) in [6.07, 6.45) is -6.10. The number of carbonyl (C=O) groups is 3. The van der Waals surface area contributed by atoms with Crippen LogP contribution in [0.5, 0.6) is 0 Å². The summed E-state index contributed by atoms with van der Waals surface area (Å²) in [4.78, 5) is 42.0. The molecular weight excluding hydrogens is 573 g/mol. The number of hydrazine groups is 1. The molecule has 0 saturated heterocycles. The van der Waals surface area contributed by atoms with Gasteiger partial charge in [0.25, 0.3) is 11.8 Å². The third-order valence-corrected chi connectivity index (χ3v) is 5.68. The van der Waals surface area contributed by atoms with Gasteiger partial charge < -0.3 is 9.47 Å². The Bertz CT molecular complexity index is 1190. The lowest BCUT2D eigenvalue weighted by Crippen LogP contribution is -2.61. The standard InChI is InChI=1S/C25H28BrF3N4O5/c1-6-12-24(25(27,28)29,37-14-16-10-8-7-9-11-16)21(35)33-32-20(34)18-17(13-15(2)19(26)31-18)30-22(36)38-23(3,4)5/h6-11,13H,1,12,14H2,2-5H3,(H,30,36)(H,32,34)(H,33,35)/t24-/m0/s1. The van der Waals surface area contributed by atoms with Gasteiger partial charge in [0.1, 0.15) is 10.2 Å². The summed E-state index contributed by atoms with van der Waals surface area (Å²) in [7, 11) is 0. The van der Waals surface area contributed by atoms with Gasteiger partial charge in [0, 0.05) is 6.42 Å². The van der Waals surface area contributed by atoms with Crippen molar-refractivity contribution >= 4 is 39.5 Å². The van der Waals surface area contributed by atoms with E-state index in [9.17, 15) is 27.6 Å². The molecule has 1 heterocycles. The van der Waals surface area contributed by atoms with Crippen molar-refractivity contribution in [1.82, 2.24) is 15.8 Å². The van der Waals surface area contributed by atoms with Crippen molar-refractivity contribution in [3.05, 3.63) is 70.5 Å². The Hall–Kier alpha value is -3.45. The molecule has 0 fully saturated rings. The number of halogens is 4. The molecule has 0 unspecified atom stereocenters. The van der Waals surface area contributed by atoms with Crippen LogP contribution >= 0.6 is 15.9 Å². The number of hydrogen-bond acceptors (Lipinski definition) is 6. The second-order valence-corrected chi connectivity index (χ2v) is 9.87. The first-order valence-corrected chi connectivity index (χ1v) is 12.0. The van der Waals surface area contributed by atoms with Gasteiger partial charge in [0.2, 0.25) is 5.60 Å². The predicted octanol–water partition coefficient (Wildman–Crippen LogP) is 5.35. The van der Waals surface area contributed by atoms with Crippen molar-refractivity contribution < 1.29 is 37.0 Å². The molecule has 0 aliphatic rings. The van der Waals surface area contributed by atoms with Crippen LogP contribution in [-0.2, 0) is 20.9 Å². The number of ether oxygens (including phenoxy) is 2. The van der Waals surface area contributed by atoms with Crippen molar-refractivity contribution in [1.29, 1.82) is 0 Å². The van der Waals surface area contributed by atoms with Crippen LogP contribution in [0.25, 0.3) is 0 Å². The first kappa shape index (κ1) is 30.8. The Balaban J connectivity index is 2.29. The molecule has 1 aromatic carbocycles. The number of aryl methyl sites for hydroxylation is 1. The molecule has 1 aromatic heterocycles. The zero-order valence-electron chi connectivity index (χ0n) is 21.2. The fourth-order valence-corrected chi connectivity index (χ4v) is 3.37. The zero-order chi connectivity index (χ0) is 28.7. The summed E-state index contributed by atoms with van der Waals surface area (Å²) >= 11 is 3.16. The number of carbonyl (C=O) groups excluding carboxylic acids is 3. The van der Waals surface area contributed by atoms with Gasteiger partial charge in [-0.05, 0) is 60.8 Å². The molecule has 0 spiro atoms. The van der Waals surface area contributed by atoms with Gasteiger partial charge in [-0.2, -0.15) is 13.2 Å². The van der Waals surface area contributed by atoms with Gasteiger partial charge in [0.05, 0.1) is 12.3 Å². The van der Waals surface area contributed by atoms with Gasteiger partial charge in [0.15, 0.2) is 5.69 Å². The Kier molecular flexibility index (Phi) is 10.0. The van der Waals surface area contributed by atoms with Crippen LogP contribution in [0.3, 0.4) is 0 Å². The topological polar surface area (TPSA) is 119 Å². The number of aromatic nitrogens is 1. The highest BCUT2D eigenvalue weighted by molar-refractivity contribution is 9.10. The molecule has 0 aliphatic heterocycles. The van der Waals surface area contributed by atoms with Crippen molar-refractivity contribution in [2.45, 2.75) is 58.1 Å². The molecule has 0 aliphatic carbocycles. The molecule has 3 amide bonds. The Labute approximate surface area is 226 Å². The monoisotopic (exact) mass is 600 g/mol. The zero-order valence-corrected chi connectivity index (χ0v) is 22.7. The van der Waals surface area contributed by atoms with Crippen LogP contribution in [0.4, 0.5) is 23.7 Å². The highest BCUT2D eigenvalue weighted by atomic mass is 79.9. The molecule has 0 bridgehead atoms. The Morgan fingerprint density at radius 3 is 2.29 bits per heavy atom. The van der Waals surface area contributed by atoms with Crippen LogP contribution in [0, 0.1) is 6.92 Å². The Morgan fingerprint density at radius 2 is 1.74 bits per heavy atom. The van der Waals surface area contributed by atoms with Crippen LogP contribution in [0.15, 0.2) is 53.7 Å². The minimum atomic E-state index is -5.17. The summed E-state index contributed by atoms with van der Waals surface area (Å²) in [6.45, 7) is 9.32. The fraction of sp³-hybridized carbons (Fsp3) is 0.360. The normalized spacial score (nSPS) is 13.2. The van der Waals surface area contributed by atoms with E-state index in [1.54, 1.807) is 51.3 Å². The van der Waals surface area contributed by atoms with Crippen molar-refractivity contribution in [2.75, 3.05) is 5.32 Å². The van der Waals surface area contributed by atoms with Crippen LogP contribution in [0.1, 0.15) is 48.8 Å². The number of alkyl halides is 3. The van der Waals surface area contributed by atoms with Gasteiger partial charge in [-0.1, -0.05) is 36.4 Å². The van der Waals surface area contributed by atoms with Crippen molar-refractivity contribution in [3.8, 4) is 0 Å². The lowest BCUT2D eigenvalue weighted by Gasteiger charge is -2.33. The molecule has 3 N–H and O–H groups in total. The third-order valence-electron chi connectivity index (χ3n) is 4.88. The summed E-state index contributed by atoms with van der Waals surface area (Å²) in [5.41, 5.74) is -0.0763. The number of benzene rings is 1. The molecular formula is C25H28BrF3N4O5. The maximum Gasteiger partial charge on any atom is 0.427 e. The number of hydrogen-bond donors (Lipinski definition) is 3. The molecule has 2 rings (SSSR count). The maximum absolute atomic E-state index is 14.2. The predicted molar refractivity (Wildman–Crippen MR) is 137 cm³/mol. The van der Waals surface area contributed by atoms with E-state index in [1.807, 2.05) is 5.43 Å². The summed E-state index contributed by atoms with van der Waals surface area (Å²) in [5.74, 6) is -2.79.